The summed E-state index contributed by atoms with van der Waals surface area (Å²) in [7, 11) is 0. The number of nitrogens with zero attached hydrogens (tertiary/aromatic N) is 3. The van der Waals surface area contributed by atoms with Crippen molar-refractivity contribution in [3.63, 3.8) is 0 Å². The summed E-state index contributed by atoms with van der Waals surface area (Å²) in [4.78, 5) is 14.8. The average Bonchev–Trinajstić information content (AvgIpc) is 3.42. The Bertz CT molecular complexity index is 879. The summed E-state index contributed by atoms with van der Waals surface area (Å²) in [6.45, 7) is 6.43. The molecule has 2 aromatic carbocycles. The minimum absolute atomic E-state index is 0.290. The molecule has 1 amide bonds. The fourth-order valence-electron chi connectivity index (χ4n) is 3.08. The van der Waals surface area contributed by atoms with Gasteiger partial charge in [0.05, 0.1) is 0 Å². The van der Waals surface area contributed by atoms with Crippen LogP contribution in [0.25, 0.3) is 10.4 Å². The van der Waals surface area contributed by atoms with Crippen molar-refractivity contribution in [2.24, 2.45) is 5.11 Å². The molecule has 0 radical (unpaired) electrons. The Morgan fingerprint density at radius 3 is 2.60 bits per heavy atom. The van der Waals surface area contributed by atoms with Crippen LogP contribution in [0.1, 0.15) is 56.9 Å². The Kier molecular flexibility index (Phi) is 4.77. The fourth-order valence-corrected chi connectivity index (χ4v) is 3.08. The van der Waals surface area contributed by atoms with E-state index in [1.165, 1.54) is 11.1 Å². The molecule has 0 heterocycles. The molecule has 0 aromatic heterocycles. The van der Waals surface area contributed by atoms with E-state index in [9.17, 15) is 4.79 Å². The highest BCUT2D eigenvalue weighted by atomic mass is 16.5. The second kappa shape index (κ2) is 6.99. The minimum Gasteiger partial charge on any atom is -0.489 e. The second-order valence-corrected chi connectivity index (χ2v) is 6.63. The lowest BCUT2D eigenvalue weighted by molar-refractivity contribution is 0.0997. The van der Waals surface area contributed by atoms with Crippen molar-refractivity contribution in [2.45, 2.75) is 46.1 Å². The van der Waals surface area contributed by atoms with Crippen molar-refractivity contribution in [1.82, 2.24) is 0 Å². The third-order valence-electron chi connectivity index (χ3n) is 4.76. The van der Waals surface area contributed by atoms with Gasteiger partial charge in [-0.3, -0.25) is 4.79 Å². The van der Waals surface area contributed by atoms with Gasteiger partial charge in [-0.05, 0) is 78.5 Å². The number of benzene rings is 2. The van der Waals surface area contributed by atoms with Crippen LogP contribution in [0.2, 0.25) is 0 Å². The molecule has 1 aliphatic rings. The summed E-state index contributed by atoms with van der Waals surface area (Å²) in [5.41, 5.74) is 14.4. The first-order valence-corrected chi connectivity index (χ1v) is 8.43. The highest BCUT2D eigenvalue weighted by Gasteiger charge is 2.28. The van der Waals surface area contributed by atoms with E-state index in [0.29, 0.717) is 11.5 Å². The van der Waals surface area contributed by atoms with Crippen LogP contribution in [0.3, 0.4) is 0 Å². The van der Waals surface area contributed by atoms with Gasteiger partial charge in [-0.2, -0.15) is 0 Å². The normalized spacial score (nSPS) is 13.2. The van der Waals surface area contributed by atoms with E-state index in [1.54, 1.807) is 6.07 Å². The molecule has 0 spiro atoms. The van der Waals surface area contributed by atoms with Crippen molar-refractivity contribution in [2.75, 3.05) is 0 Å². The van der Waals surface area contributed by atoms with Crippen molar-refractivity contribution < 1.29 is 9.53 Å². The zero-order chi connectivity index (χ0) is 18.0. The Morgan fingerprint density at radius 1 is 1.20 bits per heavy atom. The van der Waals surface area contributed by atoms with E-state index in [-0.39, 0.29) is 6.61 Å². The SMILES string of the molecule is Cc1cc(C)c(OCc2c(C(=O)N=[N+]=[N-])cccc2C2CC2)cc1C. The molecule has 0 atom stereocenters. The number of carbonyl (C=O) groups is 1. The molecule has 1 aliphatic carbocycles. The minimum atomic E-state index is -0.555. The van der Waals surface area contributed by atoms with Crippen LogP contribution in [-0.2, 0) is 6.61 Å². The molecule has 0 saturated heterocycles. The summed E-state index contributed by atoms with van der Waals surface area (Å²) < 4.78 is 6.06. The highest BCUT2D eigenvalue weighted by Crippen LogP contribution is 2.42. The molecule has 0 unspecified atom stereocenters. The Morgan fingerprint density at radius 2 is 1.92 bits per heavy atom. The van der Waals surface area contributed by atoms with Crippen molar-refractivity contribution in [3.8, 4) is 5.75 Å². The molecule has 3 rings (SSSR count). The zero-order valence-electron chi connectivity index (χ0n) is 14.7. The number of azide groups is 1. The first-order valence-electron chi connectivity index (χ1n) is 8.43. The van der Waals surface area contributed by atoms with Crippen LogP contribution in [0, 0.1) is 20.8 Å². The van der Waals surface area contributed by atoms with Gasteiger partial charge in [0.25, 0.3) is 0 Å². The first-order chi connectivity index (χ1) is 12.0. The predicted octanol–water partition coefficient (Wildman–Crippen LogP) is 5.52. The second-order valence-electron chi connectivity index (χ2n) is 6.63. The molecule has 5 heteroatoms. The van der Waals surface area contributed by atoms with Crippen LogP contribution in [-0.4, -0.2) is 5.91 Å². The highest BCUT2D eigenvalue weighted by molar-refractivity contribution is 5.96. The zero-order valence-corrected chi connectivity index (χ0v) is 14.7. The predicted molar refractivity (Wildman–Crippen MR) is 96.9 cm³/mol. The van der Waals surface area contributed by atoms with Crippen LogP contribution in [0.4, 0.5) is 0 Å². The number of aryl methyl sites for hydroxylation is 3. The Hall–Kier alpha value is -2.78. The molecule has 0 aliphatic heterocycles. The maximum Gasteiger partial charge on any atom is 0.249 e. The average molecular weight is 335 g/mol. The van der Waals surface area contributed by atoms with Crippen LogP contribution < -0.4 is 4.74 Å². The molecule has 25 heavy (non-hydrogen) atoms. The monoisotopic (exact) mass is 335 g/mol. The van der Waals surface area contributed by atoms with Crippen LogP contribution in [0.5, 0.6) is 5.75 Å². The number of rotatable bonds is 5. The van der Waals surface area contributed by atoms with E-state index >= 15 is 0 Å². The smallest absolute Gasteiger partial charge is 0.249 e. The lowest BCUT2D eigenvalue weighted by atomic mass is 9.97. The Balaban J connectivity index is 1.94. The molecule has 1 fully saturated rings. The lowest BCUT2D eigenvalue weighted by Gasteiger charge is -2.16. The van der Waals surface area contributed by atoms with Gasteiger partial charge in [0.1, 0.15) is 12.4 Å². The maximum absolute atomic E-state index is 12.2. The lowest BCUT2D eigenvalue weighted by Crippen LogP contribution is -2.08. The van der Waals surface area contributed by atoms with Gasteiger partial charge in [0.15, 0.2) is 0 Å². The van der Waals surface area contributed by atoms with Gasteiger partial charge in [-0.15, -0.1) is 0 Å². The molecule has 5 nitrogen and oxygen atoms in total. The number of hydrogen-bond acceptors (Lipinski definition) is 2. The van der Waals surface area contributed by atoms with Crippen molar-refractivity contribution >= 4 is 5.91 Å². The molecule has 128 valence electrons. The number of ether oxygens (including phenoxy) is 1. The van der Waals surface area contributed by atoms with E-state index < -0.39 is 5.91 Å². The van der Waals surface area contributed by atoms with Crippen molar-refractivity contribution in [3.05, 3.63) is 74.2 Å². The molecular weight excluding hydrogens is 314 g/mol. The van der Waals surface area contributed by atoms with Gasteiger partial charge in [0, 0.05) is 16.0 Å². The number of hydrogen-bond donors (Lipinski definition) is 0. The molecule has 2 aromatic rings. The largest absolute Gasteiger partial charge is 0.489 e. The van der Waals surface area contributed by atoms with Crippen molar-refractivity contribution in [1.29, 1.82) is 0 Å². The fraction of sp³-hybridized carbons (Fsp3) is 0.350. The first kappa shape index (κ1) is 17.1. The number of amides is 1. The van der Waals surface area contributed by atoms with E-state index in [2.05, 4.69) is 29.9 Å². The third kappa shape index (κ3) is 3.67. The van der Waals surface area contributed by atoms with E-state index in [1.807, 2.05) is 25.1 Å². The van der Waals surface area contributed by atoms with Gasteiger partial charge < -0.3 is 4.74 Å². The third-order valence-corrected chi connectivity index (χ3v) is 4.76. The van der Waals surface area contributed by atoms with Crippen LogP contribution in [0.15, 0.2) is 35.4 Å². The molecule has 0 bridgehead atoms. The summed E-state index contributed by atoms with van der Waals surface area (Å²) in [5.74, 6) is 0.731. The van der Waals surface area contributed by atoms with E-state index in [4.69, 9.17) is 10.3 Å². The van der Waals surface area contributed by atoms with Crippen LogP contribution >= 0.6 is 0 Å². The molecule has 1 saturated carbocycles. The summed E-state index contributed by atoms with van der Waals surface area (Å²) in [6, 6.07) is 9.71. The van der Waals surface area contributed by atoms with Gasteiger partial charge in [-0.1, -0.05) is 24.3 Å². The summed E-state index contributed by atoms with van der Waals surface area (Å²) in [5, 5.41) is 3.26. The van der Waals surface area contributed by atoms with E-state index in [0.717, 1.165) is 35.3 Å². The van der Waals surface area contributed by atoms with Gasteiger partial charge in [-0.25, -0.2) is 0 Å². The Labute approximate surface area is 147 Å². The molecule has 0 N–H and O–H groups in total. The summed E-state index contributed by atoms with van der Waals surface area (Å²) in [6.07, 6.45) is 2.24. The molecular formula is C20H21N3O2. The maximum atomic E-state index is 12.2. The standard InChI is InChI=1S/C20H21N3O2/c1-12-9-14(3)19(10-13(12)2)25-11-18-16(15-7-8-15)5-4-6-17(18)20(24)22-23-21/h4-6,9-10,15H,7-8,11H2,1-3H3. The van der Waals surface area contributed by atoms with Gasteiger partial charge >= 0.3 is 0 Å². The van der Waals surface area contributed by atoms with Gasteiger partial charge in [0.2, 0.25) is 5.91 Å². The summed E-state index contributed by atoms with van der Waals surface area (Å²) >= 11 is 0. The topological polar surface area (TPSA) is 75.1 Å². The number of carbonyl (C=O) groups excluding carboxylic acids is 1. The quantitative estimate of drug-likeness (QED) is 0.410.